The molecule has 0 fully saturated rings. The second-order valence-corrected chi connectivity index (χ2v) is 3.65. The van der Waals surface area contributed by atoms with Crippen molar-refractivity contribution in [2.75, 3.05) is 5.73 Å². The van der Waals surface area contributed by atoms with Gasteiger partial charge < -0.3 is 5.73 Å². The van der Waals surface area contributed by atoms with Crippen LogP contribution in [0.1, 0.15) is 15.9 Å². The summed E-state index contributed by atoms with van der Waals surface area (Å²) in [5.41, 5.74) is 6.88. The number of hydrogen-bond donors (Lipinski definition) is 1. The van der Waals surface area contributed by atoms with Gasteiger partial charge in [0.1, 0.15) is 5.82 Å². The average Bonchev–Trinajstić information content (AvgIpc) is 2.32. The molecule has 0 saturated heterocycles. The minimum Gasteiger partial charge on any atom is -0.398 e. The van der Waals surface area contributed by atoms with E-state index < -0.39 is 5.82 Å². The molecule has 0 spiro atoms. The molecule has 0 atom stereocenters. The zero-order valence-electron chi connectivity index (χ0n) is 9.06. The maximum absolute atomic E-state index is 13.4. The van der Waals surface area contributed by atoms with Crippen molar-refractivity contribution in [2.24, 2.45) is 0 Å². The highest BCUT2D eigenvalue weighted by atomic mass is 19.1. The molecule has 2 N–H and O–H groups in total. The fraction of sp³-hybridized carbons (Fsp3) is 0.0769. The number of nitrogen functional groups attached to an aromatic ring is 1. The van der Waals surface area contributed by atoms with Crippen LogP contribution in [0.5, 0.6) is 0 Å². The van der Waals surface area contributed by atoms with E-state index in [1.54, 1.807) is 24.4 Å². The molecule has 0 bridgehead atoms. The number of anilines is 1. The summed E-state index contributed by atoms with van der Waals surface area (Å²) in [5.74, 6) is -0.817. The Kier molecular flexibility index (Phi) is 3.14. The summed E-state index contributed by atoms with van der Waals surface area (Å²) in [6.45, 7) is 0. The van der Waals surface area contributed by atoms with Crippen LogP contribution in [-0.2, 0) is 6.42 Å². The molecule has 4 heteroatoms. The van der Waals surface area contributed by atoms with Crippen molar-refractivity contribution in [3.8, 4) is 0 Å². The lowest BCUT2D eigenvalue weighted by Crippen LogP contribution is -2.08. The van der Waals surface area contributed by atoms with E-state index in [0.29, 0.717) is 11.3 Å². The van der Waals surface area contributed by atoms with Crippen LogP contribution in [0.15, 0.2) is 42.7 Å². The van der Waals surface area contributed by atoms with Crippen LogP contribution >= 0.6 is 0 Å². The van der Waals surface area contributed by atoms with Gasteiger partial charge in [-0.3, -0.25) is 9.78 Å². The molecule has 0 amide bonds. The minimum absolute atomic E-state index is 0.0562. The van der Waals surface area contributed by atoms with Gasteiger partial charge in [-0.15, -0.1) is 0 Å². The maximum Gasteiger partial charge on any atom is 0.170 e. The minimum atomic E-state index is -0.514. The number of hydrogen-bond acceptors (Lipinski definition) is 3. The van der Waals surface area contributed by atoms with E-state index in [2.05, 4.69) is 4.98 Å². The topological polar surface area (TPSA) is 56.0 Å². The highest BCUT2D eigenvalue weighted by molar-refractivity contribution is 5.98. The van der Waals surface area contributed by atoms with Crippen LogP contribution < -0.4 is 5.73 Å². The third-order valence-electron chi connectivity index (χ3n) is 2.47. The molecule has 0 radical (unpaired) electrons. The lowest BCUT2D eigenvalue weighted by atomic mass is 10.0. The summed E-state index contributed by atoms with van der Waals surface area (Å²) in [7, 11) is 0. The number of Topliss-reactive ketones (excluding diaryl/α,β-unsaturated/α-hetero) is 1. The summed E-state index contributed by atoms with van der Waals surface area (Å²) >= 11 is 0. The summed E-state index contributed by atoms with van der Waals surface area (Å²) in [6, 6.07) is 7.52. The number of nitrogens with zero attached hydrogens (tertiary/aromatic N) is 1. The molecule has 2 aromatic rings. The van der Waals surface area contributed by atoms with Gasteiger partial charge in [-0.1, -0.05) is 12.1 Å². The molecule has 1 aromatic heterocycles. The van der Waals surface area contributed by atoms with Gasteiger partial charge in [-0.2, -0.15) is 0 Å². The third-order valence-corrected chi connectivity index (χ3v) is 2.47. The Bertz CT molecular complexity index is 555. The Labute approximate surface area is 98.1 Å². The van der Waals surface area contributed by atoms with E-state index in [0.717, 1.165) is 0 Å². The number of ketones is 1. The number of carbonyl (C=O) groups excluding carboxylic acids is 1. The molecule has 17 heavy (non-hydrogen) atoms. The summed E-state index contributed by atoms with van der Waals surface area (Å²) in [6.07, 6.45) is 3.13. The van der Waals surface area contributed by atoms with Gasteiger partial charge in [0.25, 0.3) is 0 Å². The average molecular weight is 230 g/mol. The summed E-state index contributed by atoms with van der Waals surface area (Å²) in [5, 5.41) is 0. The highest BCUT2D eigenvalue weighted by Crippen LogP contribution is 2.14. The third kappa shape index (κ3) is 2.47. The van der Waals surface area contributed by atoms with Crippen molar-refractivity contribution in [1.82, 2.24) is 4.98 Å². The first kappa shape index (κ1) is 11.3. The van der Waals surface area contributed by atoms with Gasteiger partial charge >= 0.3 is 0 Å². The number of halogens is 1. The zero-order chi connectivity index (χ0) is 12.3. The number of benzene rings is 1. The Hall–Kier alpha value is -2.23. The van der Waals surface area contributed by atoms with Crippen LogP contribution in [0.25, 0.3) is 0 Å². The molecule has 3 nitrogen and oxygen atoms in total. The Morgan fingerprint density at radius 2 is 2.06 bits per heavy atom. The molecule has 1 heterocycles. The van der Waals surface area contributed by atoms with E-state index in [4.69, 9.17) is 5.73 Å². The van der Waals surface area contributed by atoms with E-state index in [1.165, 1.54) is 18.3 Å². The first-order chi connectivity index (χ1) is 8.18. The van der Waals surface area contributed by atoms with E-state index in [9.17, 15) is 9.18 Å². The summed E-state index contributed by atoms with van der Waals surface area (Å²) < 4.78 is 13.4. The molecule has 0 unspecified atom stereocenters. The number of carbonyl (C=O) groups is 1. The Morgan fingerprint density at radius 1 is 1.29 bits per heavy atom. The molecule has 0 aliphatic carbocycles. The Balaban J connectivity index is 2.24. The normalized spacial score (nSPS) is 10.2. The highest BCUT2D eigenvalue weighted by Gasteiger charge is 2.12. The smallest absolute Gasteiger partial charge is 0.170 e. The number of rotatable bonds is 3. The van der Waals surface area contributed by atoms with Gasteiger partial charge in [0, 0.05) is 30.1 Å². The number of nitrogens with two attached hydrogens (primary N) is 1. The van der Waals surface area contributed by atoms with Crippen molar-refractivity contribution in [3.63, 3.8) is 0 Å². The van der Waals surface area contributed by atoms with Gasteiger partial charge in [-0.25, -0.2) is 4.39 Å². The van der Waals surface area contributed by atoms with E-state index in [1.807, 2.05) is 0 Å². The first-order valence-electron chi connectivity index (χ1n) is 5.14. The van der Waals surface area contributed by atoms with E-state index in [-0.39, 0.29) is 17.8 Å². The quantitative estimate of drug-likeness (QED) is 0.822. The fourth-order valence-electron chi connectivity index (χ4n) is 1.54. The second kappa shape index (κ2) is 4.74. The molecule has 86 valence electrons. The SMILES string of the molecule is Nc1ccncc1CC(=O)c1ccccc1F. The van der Waals surface area contributed by atoms with Crippen LogP contribution in [0.3, 0.4) is 0 Å². The lowest BCUT2D eigenvalue weighted by Gasteiger charge is -2.04. The van der Waals surface area contributed by atoms with Crippen molar-refractivity contribution in [1.29, 1.82) is 0 Å². The monoisotopic (exact) mass is 230 g/mol. The molecule has 0 aliphatic rings. The molecule has 0 aliphatic heterocycles. The van der Waals surface area contributed by atoms with Gasteiger partial charge in [0.15, 0.2) is 5.78 Å². The lowest BCUT2D eigenvalue weighted by molar-refractivity contribution is 0.0989. The number of aromatic nitrogens is 1. The van der Waals surface area contributed by atoms with E-state index >= 15 is 0 Å². The van der Waals surface area contributed by atoms with Crippen molar-refractivity contribution >= 4 is 11.5 Å². The van der Waals surface area contributed by atoms with Crippen LogP contribution in [0.2, 0.25) is 0 Å². The van der Waals surface area contributed by atoms with Crippen molar-refractivity contribution < 1.29 is 9.18 Å². The molecule has 2 rings (SSSR count). The van der Waals surface area contributed by atoms with Crippen molar-refractivity contribution in [2.45, 2.75) is 6.42 Å². The largest absolute Gasteiger partial charge is 0.398 e. The standard InChI is InChI=1S/C13H11FN2O/c14-11-4-2-1-3-10(11)13(17)7-9-8-16-6-5-12(9)15/h1-6,8H,7H2,(H2,15,16). The van der Waals surface area contributed by atoms with Crippen LogP contribution in [0, 0.1) is 5.82 Å². The maximum atomic E-state index is 13.4. The second-order valence-electron chi connectivity index (χ2n) is 3.65. The first-order valence-corrected chi connectivity index (χ1v) is 5.14. The molecular formula is C13H11FN2O. The molecule has 1 aromatic carbocycles. The molecular weight excluding hydrogens is 219 g/mol. The van der Waals surface area contributed by atoms with Crippen LogP contribution in [0.4, 0.5) is 10.1 Å². The van der Waals surface area contributed by atoms with Gasteiger partial charge in [0.2, 0.25) is 0 Å². The Morgan fingerprint density at radius 3 is 2.76 bits per heavy atom. The van der Waals surface area contributed by atoms with Gasteiger partial charge in [-0.05, 0) is 18.2 Å². The number of pyridine rings is 1. The zero-order valence-corrected chi connectivity index (χ0v) is 9.06. The van der Waals surface area contributed by atoms with Crippen molar-refractivity contribution in [3.05, 3.63) is 59.7 Å². The van der Waals surface area contributed by atoms with Gasteiger partial charge in [0.05, 0.1) is 5.56 Å². The van der Waals surface area contributed by atoms with Crippen LogP contribution in [-0.4, -0.2) is 10.8 Å². The predicted molar refractivity (Wildman–Crippen MR) is 63.1 cm³/mol. The molecule has 0 saturated carbocycles. The fourth-order valence-corrected chi connectivity index (χ4v) is 1.54. The predicted octanol–water partition coefficient (Wildman–Crippen LogP) is 2.23. The summed E-state index contributed by atoms with van der Waals surface area (Å²) in [4.78, 5) is 15.8.